The van der Waals surface area contributed by atoms with Crippen molar-refractivity contribution in [2.24, 2.45) is 0 Å². The lowest BCUT2D eigenvalue weighted by atomic mass is 10.1. The Bertz CT molecular complexity index is 1420. The van der Waals surface area contributed by atoms with Gasteiger partial charge >= 0.3 is 0 Å². The lowest BCUT2D eigenvalue weighted by Crippen LogP contribution is -2.51. The molecule has 1 saturated heterocycles. The van der Waals surface area contributed by atoms with Crippen LogP contribution in [0.4, 0.5) is 0 Å². The average molecular weight is 512 g/mol. The van der Waals surface area contributed by atoms with E-state index in [1.165, 1.54) is 0 Å². The van der Waals surface area contributed by atoms with Gasteiger partial charge in [0.05, 0.1) is 17.7 Å². The molecule has 0 saturated carbocycles. The van der Waals surface area contributed by atoms with Crippen molar-refractivity contribution in [2.75, 3.05) is 26.2 Å². The number of hydrogen-bond acceptors (Lipinski definition) is 2. The van der Waals surface area contributed by atoms with Gasteiger partial charge in [0.1, 0.15) is 0 Å². The highest BCUT2D eigenvalue weighted by Gasteiger charge is 2.28. The second-order valence-electron chi connectivity index (χ2n) is 9.55. The van der Waals surface area contributed by atoms with Crippen LogP contribution in [0.2, 0.25) is 5.02 Å². The van der Waals surface area contributed by atoms with E-state index in [0.717, 1.165) is 33.8 Å². The Labute approximate surface area is 222 Å². The minimum atomic E-state index is -0.00530. The summed E-state index contributed by atoms with van der Waals surface area (Å²) >= 11 is 6.15. The maximum atomic E-state index is 13.7. The summed E-state index contributed by atoms with van der Waals surface area (Å²) in [6, 6.07) is 27.7. The fraction of sp³-hybridized carbons (Fsp3) is 0.226. The second-order valence-corrected chi connectivity index (χ2v) is 9.98. The number of amides is 2. The molecule has 5 nitrogen and oxygen atoms in total. The van der Waals surface area contributed by atoms with Crippen molar-refractivity contribution in [3.05, 3.63) is 112 Å². The molecule has 1 aliphatic heterocycles. The number of nitrogens with zero attached hydrogens (tertiary/aromatic N) is 3. The highest BCUT2D eigenvalue weighted by Crippen LogP contribution is 2.31. The van der Waals surface area contributed by atoms with Crippen molar-refractivity contribution in [3.63, 3.8) is 0 Å². The minimum absolute atomic E-state index is 0.00530. The molecule has 2 heterocycles. The molecule has 0 bridgehead atoms. The first-order chi connectivity index (χ1) is 17.9. The van der Waals surface area contributed by atoms with Crippen LogP contribution in [-0.2, 0) is 11.2 Å². The highest BCUT2D eigenvalue weighted by molar-refractivity contribution is 6.30. The van der Waals surface area contributed by atoms with Crippen molar-refractivity contribution < 1.29 is 9.59 Å². The Morgan fingerprint density at radius 2 is 1.46 bits per heavy atom. The molecular weight excluding hydrogens is 482 g/mol. The number of aromatic nitrogens is 1. The Kier molecular flexibility index (Phi) is 7.15. The first-order valence-electron chi connectivity index (χ1n) is 12.6. The number of hydrogen-bond donors (Lipinski definition) is 0. The molecule has 6 heteroatoms. The summed E-state index contributed by atoms with van der Waals surface area (Å²) in [4.78, 5) is 30.2. The SMILES string of the molecule is Cc1cccc(-n2c(-c3ccc(Cl)cc3)cc(C(=O)N3CCN(C(=O)Cc4ccccc4)CC3)c2C)c1. The summed E-state index contributed by atoms with van der Waals surface area (Å²) in [5.74, 6) is 0.0966. The molecule has 0 atom stereocenters. The first-order valence-corrected chi connectivity index (χ1v) is 12.9. The van der Waals surface area contributed by atoms with E-state index in [1.54, 1.807) is 0 Å². The Balaban J connectivity index is 1.38. The lowest BCUT2D eigenvalue weighted by Gasteiger charge is -2.35. The number of carbonyl (C=O) groups is 2. The zero-order valence-electron chi connectivity index (χ0n) is 21.2. The topological polar surface area (TPSA) is 45.6 Å². The van der Waals surface area contributed by atoms with E-state index in [2.05, 4.69) is 29.7 Å². The van der Waals surface area contributed by atoms with E-state index in [9.17, 15) is 9.59 Å². The van der Waals surface area contributed by atoms with Crippen molar-refractivity contribution in [1.29, 1.82) is 0 Å². The van der Waals surface area contributed by atoms with Crippen molar-refractivity contribution in [3.8, 4) is 16.9 Å². The van der Waals surface area contributed by atoms with Crippen molar-refractivity contribution in [2.45, 2.75) is 20.3 Å². The second kappa shape index (κ2) is 10.7. The van der Waals surface area contributed by atoms with Gasteiger partial charge in [0.15, 0.2) is 0 Å². The van der Waals surface area contributed by atoms with Crippen LogP contribution in [0, 0.1) is 13.8 Å². The zero-order chi connectivity index (χ0) is 25.9. The van der Waals surface area contributed by atoms with Crippen LogP contribution in [0.5, 0.6) is 0 Å². The third-order valence-corrected chi connectivity index (χ3v) is 7.25. The predicted octanol–water partition coefficient (Wildman–Crippen LogP) is 5.94. The molecule has 0 unspecified atom stereocenters. The fourth-order valence-corrected chi connectivity index (χ4v) is 5.09. The van der Waals surface area contributed by atoms with Gasteiger partial charge in [0, 0.05) is 42.6 Å². The summed E-state index contributed by atoms with van der Waals surface area (Å²) in [6.45, 7) is 6.18. The maximum absolute atomic E-state index is 13.7. The Hall–Kier alpha value is -3.83. The van der Waals surface area contributed by atoms with Gasteiger partial charge in [0.2, 0.25) is 5.91 Å². The van der Waals surface area contributed by atoms with E-state index in [4.69, 9.17) is 11.6 Å². The number of aryl methyl sites for hydroxylation is 1. The zero-order valence-corrected chi connectivity index (χ0v) is 21.9. The van der Waals surface area contributed by atoms with E-state index in [0.29, 0.717) is 43.2 Å². The number of halogens is 1. The van der Waals surface area contributed by atoms with Gasteiger partial charge < -0.3 is 14.4 Å². The largest absolute Gasteiger partial charge is 0.339 e. The van der Waals surface area contributed by atoms with Crippen LogP contribution in [-0.4, -0.2) is 52.4 Å². The molecular formula is C31H30ClN3O2. The van der Waals surface area contributed by atoms with E-state index in [1.807, 2.05) is 83.5 Å². The lowest BCUT2D eigenvalue weighted by molar-refractivity contribution is -0.131. The van der Waals surface area contributed by atoms with Gasteiger partial charge in [-0.3, -0.25) is 9.59 Å². The standard InChI is InChI=1S/C31H30ClN3O2/c1-22-7-6-10-27(19-22)35-23(2)28(21-29(35)25-11-13-26(32)14-12-25)31(37)34-17-15-33(16-18-34)30(36)20-24-8-4-3-5-9-24/h3-14,19,21H,15-18,20H2,1-2H3. The maximum Gasteiger partial charge on any atom is 0.255 e. The van der Waals surface area contributed by atoms with Crippen LogP contribution in [0.1, 0.15) is 27.2 Å². The normalized spacial score (nSPS) is 13.6. The van der Waals surface area contributed by atoms with Gasteiger partial charge in [-0.2, -0.15) is 0 Å². The summed E-state index contributed by atoms with van der Waals surface area (Å²) < 4.78 is 2.14. The molecule has 188 valence electrons. The van der Waals surface area contributed by atoms with E-state index < -0.39 is 0 Å². The van der Waals surface area contributed by atoms with Crippen LogP contribution in [0.25, 0.3) is 16.9 Å². The smallest absolute Gasteiger partial charge is 0.255 e. The molecule has 4 aromatic rings. The molecule has 1 aliphatic rings. The molecule has 5 rings (SSSR count). The molecule has 0 spiro atoms. The number of rotatable bonds is 5. The van der Waals surface area contributed by atoms with Crippen LogP contribution in [0.3, 0.4) is 0 Å². The molecule has 37 heavy (non-hydrogen) atoms. The van der Waals surface area contributed by atoms with Gasteiger partial charge in [0.25, 0.3) is 5.91 Å². The predicted molar refractivity (Wildman–Crippen MR) is 148 cm³/mol. The van der Waals surface area contributed by atoms with Gasteiger partial charge in [-0.05, 0) is 60.9 Å². The monoisotopic (exact) mass is 511 g/mol. The molecule has 0 aliphatic carbocycles. The highest BCUT2D eigenvalue weighted by atomic mass is 35.5. The summed E-state index contributed by atoms with van der Waals surface area (Å²) in [6.07, 6.45) is 0.387. The summed E-state index contributed by atoms with van der Waals surface area (Å²) in [5, 5.41) is 0.671. The number of carbonyl (C=O) groups excluding carboxylic acids is 2. The quantitative estimate of drug-likeness (QED) is 0.333. The average Bonchev–Trinajstić information content (AvgIpc) is 3.26. The van der Waals surface area contributed by atoms with Gasteiger partial charge in [-0.1, -0.05) is 66.2 Å². The van der Waals surface area contributed by atoms with Crippen LogP contribution < -0.4 is 0 Å². The minimum Gasteiger partial charge on any atom is -0.339 e. The van der Waals surface area contributed by atoms with Crippen molar-refractivity contribution >= 4 is 23.4 Å². The summed E-state index contributed by atoms with van der Waals surface area (Å²) in [7, 11) is 0. The number of benzene rings is 3. The molecule has 3 aromatic carbocycles. The number of piperazine rings is 1. The first kappa shape index (κ1) is 24.8. The van der Waals surface area contributed by atoms with Gasteiger partial charge in [-0.15, -0.1) is 0 Å². The third kappa shape index (κ3) is 5.32. The summed E-state index contributed by atoms with van der Waals surface area (Å²) in [5.41, 5.74) is 6.67. The fourth-order valence-electron chi connectivity index (χ4n) is 4.97. The van der Waals surface area contributed by atoms with Gasteiger partial charge in [-0.25, -0.2) is 0 Å². The van der Waals surface area contributed by atoms with Crippen LogP contribution in [0.15, 0.2) is 84.9 Å². The molecule has 2 amide bonds. The Morgan fingerprint density at radius 3 is 2.14 bits per heavy atom. The van der Waals surface area contributed by atoms with Crippen molar-refractivity contribution in [1.82, 2.24) is 14.4 Å². The molecule has 1 fully saturated rings. The Morgan fingerprint density at radius 1 is 0.784 bits per heavy atom. The van der Waals surface area contributed by atoms with E-state index in [-0.39, 0.29) is 11.8 Å². The van der Waals surface area contributed by atoms with Crippen LogP contribution >= 0.6 is 11.6 Å². The third-order valence-electron chi connectivity index (χ3n) is 7.00. The molecule has 0 N–H and O–H groups in total. The van der Waals surface area contributed by atoms with E-state index >= 15 is 0 Å². The molecule has 1 aromatic heterocycles. The molecule has 0 radical (unpaired) electrons.